The van der Waals surface area contributed by atoms with Crippen LogP contribution in [0.15, 0.2) is 18.2 Å². The SMILES string of the molecule is COC(=O)c1cc(OCC2COC(C)(C)O2)cc(C(=O)OC)c1. The number of carbonyl (C=O) groups is 2. The monoisotopic (exact) mass is 324 g/mol. The third-order valence-corrected chi connectivity index (χ3v) is 3.25. The molecule has 0 bridgehead atoms. The van der Waals surface area contributed by atoms with Crippen molar-refractivity contribution in [1.29, 1.82) is 0 Å². The maximum atomic E-state index is 11.7. The quantitative estimate of drug-likeness (QED) is 0.764. The largest absolute Gasteiger partial charge is 0.491 e. The fourth-order valence-corrected chi connectivity index (χ4v) is 2.19. The van der Waals surface area contributed by atoms with Crippen LogP contribution in [-0.4, -0.2) is 51.3 Å². The van der Waals surface area contributed by atoms with Crippen LogP contribution in [0.5, 0.6) is 5.75 Å². The highest BCUT2D eigenvalue weighted by molar-refractivity contribution is 5.96. The molecule has 126 valence electrons. The number of methoxy groups -OCH3 is 2. The summed E-state index contributed by atoms with van der Waals surface area (Å²) in [5, 5.41) is 0. The maximum Gasteiger partial charge on any atom is 0.338 e. The minimum atomic E-state index is -0.640. The Kier molecular flexibility index (Phi) is 5.23. The van der Waals surface area contributed by atoms with Gasteiger partial charge >= 0.3 is 11.9 Å². The third-order valence-electron chi connectivity index (χ3n) is 3.25. The van der Waals surface area contributed by atoms with E-state index in [-0.39, 0.29) is 23.8 Å². The van der Waals surface area contributed by atoms with Gasteiger partial charge in [0.15, 0.2) is 5.79 Å². The molecule has 1 aromatic carbocycles. The number of esters is 2. The van der Waals surface area contributed by atoms with Crippen molar-refractivity contribution in [3.05, 3.63) is 29.3 Å². The van der Waals surface area contributed by atoms with Gasteiger partial charge in [0.25, 0.3) is 0 Å². The van der Waals surface area contributed by atoms with Crippen LogP contribution in [0.1, 0.15) is 34.6 Å². The zero-order valence-corrected chi connectivity index (χ0v) is 13.6. The Morgan fingerprint density at radius 3 is 2.13 bits per heavy atom. The van der Waals surface area contributed by atoms with E-state index in [2.05, 4.69) is 9.47 Å². The lowest BCUT2D eigenvalue weighted by Gasteiger charge is -2.17. The summed E-state index contributed by atoms with van der Waals surface area (Å²) in [6.45, 7) is 4.28. The Morgan fingerprint density at radius 2 is 1.70 bits per heavy atom. The van der Waals surface area contributed by atoms with Crippen LogP contribution < -0.4 is 4.74 Å². The van der Waals surface area contributed by atoms with Gasteiger partial charge in [0.1, 0.15) is 18.5 Å². The molecule has 7 heteroatoms. The summed E-state index contributed by atoms with van der Waals surface area (Å²) in [5.41, 5.74) is 0.406. The number of ether oxygens (including phenoxy) is 5. The lowest BCUT2D eigenvalue weighted by atomic mass is 10.1. The van der Waals surface area contributed by atoms with Gasteiger partial charge in [-0.25, -0.2) is 9.59 Å². The van der Waals surface area contributed by atoms with E-state index in [0.29, 0.717) is 12.4 Å². The summed E-state index contributed by atoms with van der Waals surface area (Å²) in [6, 6.07) is 4.39. The molecule has 0 spiro atoms. The van der Waals surface area contributed by atoms with Crippen molar-refractivity contribution in [2.24, 2.45) is 0 Å². The molecule has 1 fully saturated rings. The van der Waals surface area contributed by atoms with Crippen molar-refractivity contribution < 1.29 is 33.3 Å². The van der Waals surface area contributed by atoms with Gasteiger partial charge in [0.2, 0.25) is 0 Å². The molecule has 0 N–H and O–H groups in total. The van der Waals surface area contributed by atoms with Crippen molar-refractivity contribution in [1.82, 2.24) is 0 Å². The molecule has 1 aromatic rings. The van der Waals surface area contributed by atoms with Crippen LogP contribution in [0.25, 0.3) is 0 Å². The van der Waals surface area contributed by atoms with Crippen molar-refractivity contribution in [3.8, 4) is 5.75 Å². The average Bonchev–Trinajstić information content (AvgIpc) is 2.90. The van der Waals surface area contributed by atoms with E-state index in [1.807, 2.05) is 13.8 Å². The molecule has 1 aliphatic heterocycles. The molecule has 1 atom stereocenters. The van der Waals surface area contributed by atoms with Gasteiger partial charge in [-0.15, -0.1) is 0 Å². The van der Waals surface area contributed by atoms with Gasteiger partial charge in [-0.05, 0) is 32.0 Å². The first-order valence-corrected chi connectivity index (χ1v) is 7.11. The van der Waals surface area contributed by atoms with Gasteiger partial charge in [-0.1, -0.05) is 0 Å². The predicted octanol–water partition coefficient (Wildman–Crippen LogP) is 1.79. The van der Waals surface area contributed by atoms with Gasteiger partial charge in [0.05, 0.1) is 32.0 Å². The maximum absolute atomic E-state index is 11.7. The van der Waals surface area contributed by atoms with Crippen LogP contribution in [0.3, 0.4) is 0 Å². The van der Waals surface area contributed by atoms with Gasteiger partial charge in [-0.3, -0.25) is 0 Å². The molecule has 23 heavy (non-hydrogen) atoms. The molecule has 1 aliphatic rings. The van der Waals surface area contributed by atoms with Crippen LogP contribution in [-0.2, 0) is 18.9 Å². The number of carbonyl (C=O) groups excluding carboxylic acids is 2. The minimum Gasteiger partial charge on any atom is -0.491 e. The fraction of sp³-hybridized carbons (Fsp3) is 0.500. The molecule has 1 heterocycles. The van der Waals surface area contributed by atoms with E-state index in [1.165, 1.54) is 32.4 Å². The lowest BCUT2D eigenvalue weighted by Crippen LogP contribution is -2.25. The number of hydrogen-bond donors (Lipinski definition) is 0. The lowest BCUT2D eigenvalue weighted by molar-refractivity contribution is -0.141. The Morgan fingerprint density at radius 1 is 1.13 bits per heavy atom. The molecule has 0 saturated carbocycles. The summed E-state index contributed by atoms with van der Waals surface area (Å²) in [7, 11) is 2.53. The molecule has 1 saturated heterocycles. The molecule has 0 aromatic heterocycles. The Hall–Kier alpha value is -2.12. The average molecular weight is 324 g/mol. The van der Waals surface area contributed by atoms with Crippen molar-refractivity contribution in [2.45, 2.75) is 25.7 Å². The highest BCUT2D eigenvalue weighted by Crippen LogP contribution is 2.24. The summed E-state index contributed by atoms with van der Waals surface area (Å²) < 4.78 is 26.1. The van der Waals surface area contributed by atoms with E-state index in [0.717, 1.165) is 0 Å². The zero-order chi connectivity index (χ0) is 17.0. The van der Waals surface area contributed by atoms with E-state index < -0.39 is 17.7 Å². The molecular formula is C16H20O7. The normalized spacial score (nSPS) is 19.2. The molecule has 7 nitrogen and oxygen atoms in total. The first-order chi connectivity index (χ1) is 10.8. The van der Waals surface area contributed by atoms with Crippen molar-refractivity contribution in [2.75, 3.05) is 27.4 Å². The van der Waals surface area contributed by atoms with Crippen molar-refractivity contribution >= 4 is 11.9 Å². The second kappa shape index (κ2) is 6.97. The molecule has 0 aliphatic carbocycles. The second-order valence-corrected chi connectivity index (χ2v) is 5.49. The van der Waals surface area contributed by atoms with Gasteiger partial charge in [-0.2, -0.15) is 0 Å². The summed E-state index contributed by atoms with van der Waals surface area (Å²) >= 11 is 0. The zero-order valence-electron chi connectivity index (χ0n) is 13.6. The van der Waals surface area contributed by atoms with Crippen LogP contribution in [0.2, 0.25) is 0 Å². The van der Waals surface area contributed by atoms with E-state index in [4.69, 9.17) is 14.2 Å². The van der Waals surface area contributed by atoms with E-state index in [9.17, 15) is 9.59 Å². The third kappa shape index (κ3) is 4.43. The smallest absolute Gasteiger partial charge is 0.338 e. The molecule has 2 rings (SSSR count). The summed E-state index contributed by atoms with van der Waals surface area (Å²) in [4.78, 5) is 23.4. The highest BCUT2D eigenvalue weighted by Gasteiger charge is 2.33. The van der Waals surface area contributed by atoms with Gasteiger partial charge in [0, 0.05) is 0 Å². The molecular weight excluding hydrogens is 304 g/mol. The Balaban J connectivity index is 2.13. The topological polar surface area (TPSA) is 80.3 Å². The predicted molar refractivity (Wildman–Crippen MR) is 79.5 cm³/mol. The Labute approximate surface area is 134 Å². The summed E-state index contributed by atoms with van der Waals surface area (Å²) in [6.07, 6.45) is -0.228. The van der Waals surface area contributed by atoms with Crippen molar-refractivity contribution in [3.63, 3.8) is 0 Å². The highest BCUT2D eigenvalue weighted by atomic mass is 16.7. The van der Waals surface area contributed by atoms with E-state index >= 15 is 0 Å². The number of hydrogen-bond acceptors (Lipinski definition) is 7. The van der Waals surface area contributed by atoms with Crippen LogP contribution in [0.4, 0.5) is 0 Å². The first kappa shape index (κ1) is 17.2. The molecule has 0 radical (unpaired) electrons. The van der Waals surface area contributed by atoms with Crippen LogP contribution in [0, 0.1) is 0 Å². The van der Waals surface area contributed by atoms with E-state index in [1.54, 1.807) is 0 Å². The number of rotatable bonds is 5. The van der Waals surface area contributed by atoms with Crippen LogP contribution >= 0.6 is 0 Å². The second-order valence-electron chi connectivity index (χ2n) is 5.49. The fourth-order valence-electron chi connectivity index (χ4n) is 2.19. The Bertz CT molecular complexity index is 560. The molecule has 1 unspecified atom stereocenters. The molecule has 0 amide bonds. The number of benzene rings is 1. The first-order valence-electron chi connectivity index (χ1n) is 7.11. The summed E-state index contributed by atoms with van der Waals surface area (Å²) in [5.74, 6) is -1.43. The minimum absolute atomic E-state index is 0.203. The standard InChI is InChI=1S/C16H20O7/c1-16(2)22-9-13(23-16)8-21-12-6-10(14(17)19-3)5-11(7-12)15(18)20-4/h5-7,13H,8-9H2,1-4H3. The van der Waals surface area contributed by atoms with Gasteiger partial charge < -0.3 is 23.7 Å².